The molecule has 5 heteroatoms. The van der Waals surface area contributed by atoms with E-state index in [1.165, 1.54) is 29.5 Å². The third-order valence-electron chi connectivity index (χ3n) is 10.5. The van der Waals surface area contributed by atoms with Crippen molar-refractivity contribution in [2.45, 2.75) is 55.3 Å². The minimum Gasteiger partial charge on any atom is -0.504 e. The Hall–Kier alpha value is -3.67. The van der Waals surface area contributed by atoms with Crippen molar-refractivity contribution in [2.75, 3.05) is 13.1 Å². The maximum Gasteiger partial charge on any atom is 0.166 e. The normalized spacial score (nSPS) is 29.4. The van der Waals surface area contributed by atoms with E-state index in [1.54, 1.807) is 6.07 Å². The number of aromatic hydroxyl groups is 1. The summed E-state index contributed by atoms with van der Waals surface area (Å²) in [5.74, 6) is 1.48. The minimum atomic E-state index is -0.985. The average Bonchev–Trinajstić information content (AvgIpc) is 3.72. The number of hydrogen-bond acceptors (Lipinski definition) is 5. The van der Waals surface area contributed by atoms with Gasteiger partial charge in [-0.2, -0.15) is 0 Å². The number of nitrogens with zero attached hydrogens (tertiary/aromatic N) is 2. The molecule has 9 rings (SSSR count). The van der Waals surface area contributed by atoms with Crippen molar-refractivity contribution in [1.82, 2.24) is 9.88 Å². The van der Waals surface area contributed by atoms with Crippen LogP contribution in [0.15, 0.2) is 79.0 Å². The lowest BCUT2D eigenvalue weighted by molar-refractivity contribution is -0.173. The Labute approximate surface area is 234 Å². The van der Waals surface area contributed by atoms with Gasteiger partial charge in [0.05, 0.1) is 16.7 Å². The first-order chi connectivity index (χ1) is 19.5. The van der Waals surface area contributed by atoms with Crippen molar-refractivity contribution in [2.24, 2.45) is 5.92 Å². The zero-order chi connectivity index (χ0) is 26.6. The second-order valence-electron chi connectivity index (χ2n) is 12.6. The molecule has 2 aliphatic heterocycles. The van der Waals surface area contributed by atoms with Crippen molar-refractivity contribution in [1.29, 1.82) is 0 Å². The molecule has 200 valence electrons. The van der Waals surface area contributed by atoms with Crippen LogP contribution in [0.2, 0.25) is 0 Å². The number of phenolic OH excluding ortho intramolecular Hbond substituents is 1. The van der Waals surface area contributed by atoms with E-state index < -0.39 is 17.1 Å². The van der Waals surface area contributed by atoms with Crippen molar-refractivity contribution < 1.29 is 14.9 Å². The first-order valence-electron chi connectivity index (χ1n) is 14.7. The smallest absolute Gasteiger partial charge is 0.166 e. The molecule has 2 bridgehead atoms. The number of benzene rings is 3. The summed E-state index contributed by atoms with van der Waals surface area (Å²) in [5, 5.41) is 23.8. The van der Waals surface area contributed by atoms with Gasteiger partial charge in [-0.25, -0.2) is 0 Å². The van der Waals surface area contributed by atoms with Gasteiger partial charge in [0, 0.05) is 36.3 Å². The minimum absolute atomic E-state index is 0.0258. The number of aliphatic hydroxyl groups is 1. The molecule has 3 heterocycles. The van der Waals surface area contributed by atoms with Gasteiger partial charge < -0.3 is 14.9 Å². The maximum atomic E-state index is 12.9. The first kappa shape index (κ1) is 23.1. The van der Waals surface area contributed by atoms with Crippen molar-refractivity contribution >= 4 is 0 Å². The van der Waals surface area contributed by atoms with Gasteiger partial charge in [-0.3, -0.25) is 9.88 Å². The third kappa shape index (κ3) is 2.97. The Morgan fingerprint density at radius 3 is 2.42 bits per heavy atom. The molecule has 1 saturated heterocycles. The molecule has 5 nitrogen and oxygen atoms in total. The predicted molar refractivity (Wildman–Crippen MR) is 153 cm³/mol. The fourth-order valence-corrected chi connectivity index (χ4v) is 8.49. The van der Waals surface area contributed by atoms with Crippen LogP contribution in [-0.2, 0) is 18.3 Å². The van der Waals surface area contributed by atoms with Crippen LogP contribution in [0.5, 0.6) is 11.5 Å². The highest BCUT2D eigenvalue weighted by atomic mass is 16.5. The quantitative estimate of drug-likeness (QED) is 0.350. The molecule has 0 unspecified atom stereocenters. The fourth-order valence-electron chi connectivity index (χ4n) is 8.49. The zero-order valence-corrected chi connectivity index (χ0v) is 22.4. The summed E-state index contributed by atoms with van der Waals surface area (Å²) in [6.45, 7) is 2.01. The van der Waals surface area contributed by atoms with E-state index >= 15 is 0 Å². The van der Waals surface area contributed by atoms with Crippen molar-refractivity contribution in [3.8, 4) is 33.8 Å². The number of likely N-dealkylation sites (tertiary alicyclic amines) is 1. The average molecular weight is 529 g/mol. The van der Waals surface area contributed by atoms with Gasteiger partial charge in [0.2, 0.25) is 0 Å². The summed E-state index contributed by atoms with van der Waals surface area (Å²) < 4.78 is 6.65. The van der Waals surface area contributed by atoms with E-state index in [4.69, 9.17) is 9.72 Å². The molecule has 4 atom stereocenters. The lowest BCUT2D eigenvalue weighted by Gasteiger charge is -2.63. The monoisotopic (exact) mass is 528 g/mol. The lowest BCUT2D eigenvalue weighted by atomic mass is 9.49. The van der Waals surface area contributed by atoms with Crippen molar-refractivity contribution in [3.63, 3.8) is 0 Å². The van der Waals surface area contributed by atoms with Crippen LogP contribution < -0.4 is 4.74 Å². The summed E-state index contributed by atoms with van der Waals surface area (Å²) >= 11 is 0. The highest BCUT2D eigenvalue weighted by Crippen LogP contribution is 2.68. The second kappa shape index (κ2) is 7.96. The highest BCUT2D eigenvalue weighted by Gasteiger charge is 2.72. The SMILES string of the molecule is Oc1ccc2c3c1O[C@H]1c4ncc(-c5ccc(-c6ccccc6)cc5)cc4C[C@@]4(O)[C@@H](C2)N(CC2CC2)CC[C@]314. The molecule has 0 amide bonds. The van der Waals surface area contributed by atoms with Crippen LogP contribution in [0.25, 0.3) is 22.3 Å². The molecule has 1 spiro atoms. The predicted octanol–water partition coefficient (Wildman–Crippen LogP) is 5.82. The van der Waals surface area contributed by atoms with Gasteiger partial charge in [-0.15, -0.1) is 0 Å². The van der Waals surface area contributed by atoms with Crippen LogP contribution in [0.4, 0.5) is 0 Å². The van der Waals surface area contributed by atoms with E-state index in [-0.39, 0.29) is 11.8 Å². The number of phenols is 1. The van der Waals surface area contributed by atoms with Crippen molar-refractivity contribution in [3.05, 3.63) is 101 Å². The molecule has 2 N–H and O–H groups in total. The van der Waals surface area contributed by atoms with Gasteiger partial charge in [0.25, 0.3) is 0 Å². The summed E-state index contributed by atoms with van der Waals surface area (Å²) in [6, 6.07) is 25.1. The van der Waals surface area contributed by atoms with Gasteiger partial charge in [0.15, 0.2) is 17.6 Å². The van der Waals surface area contributed by atoms with E-state index in [0.29, 0.717) is 12.2 Å². The summed E-state index contributed by atoms with van der Waals surface area (Å²) in [6.07, 6.45) is 6.29. The van der Waals surface area contributed by atoms with Crippen LogP contribution >= 0.6 is 0 Å². The maximum absolute atomic E-state index is 12.9. The van der Waals surface area contributed by atoms with E-state index in [0.717, 1.165) is 59.8 Å². The fraction of sp³-hybridized carbons (Fsp3) is 0.343. The van der Waals surface area contributed by atoms with Crippen LogP contribution in [-0.4, -0.2) is 44.8 Å². The number of fused-ring (bicyclic) bond motifs is 2. The van der Waals surface area contributed by atoms with E-state index in [2.05, 4.69) is 65.6 Å². The lowest BCUT2D eigenvalue weighted by Crippen LogP contribution is -2.74. The summed E-state index contributed by atoms with van der Waals surface area (Å²) in [7, 11) is 0. The van der Waals surface area contributed by atoms with Crippen LogP contribution in [0.3, 0.4) is 0 Å². The molecule has 5 aliphatic rings. The van der Waals surface area contributed by atoms with E-state index in [9.17, 15) is 10.2 Å². The van der Waals surface area contributed by atoms with E-state index in [1.807, 2.05) is 12.3 Å². The second-order valence-corrected chi connectivity index (χ2v) is 12.6. The Bertz CT molecular complexity index is 1660. The van der Waals surface area contributed by atoms with Crippen LogP contribution in [0, 0.1) is 5.92 Å². The molecule has 2 fully saturated rings. The zero-order valence-electron chi connectivity index (χ0n) is 22.4. The Morgan fingerprint density at radius 2 is 1.65 bits per heavy atom. The molecule has 3 aliphatic carbocycles. The molecular formula is C35H32N2O3. The van der Waals surface area contributed by atoms with Gasteiger partial charge in [-0.05, 0) is 78.1 Å². The topological polar surface area (TPSA) is 65.8 Å². The Morgan fingerprint density at radius 1 is 0.900 bits per heavy atom. The van der Waals surface area contributed by atoms with Gasteiger partial charge in [-0.1, -0.05) is 60.7 Å². The molecule has 40 heavy (non-hydrogen) atoms. The number of ether oxygens (including phenoxy) is 1. The van der Waals surface area contributed by atoms with Gasteiger partial charge in [0.1, 0.15) is 0 Å². The molecule has 1 aromatic heterocycles. The standard InChI is InChI=1S/C35H32N2O3/c38-28-13-12-25-17-29-35(39)18-26-16-27(24-10-8-23(9-11-24)22-4-2-1-3-5-22)19-36-31(26)33-34(35,30(25)32(28)40-33)14-15-37(29)20-21-6-7-21/h1-5,8-13,16,19,21,29,33,38-39H,6-7,14-15,17-18,20H2/t29-,33+,34+,35-/m1/s1. The van der Waals surface area contributed by atoms with Crippen LogP contribution in [0.1, 0.15) is 47.8 Å². The number of piperidine rings is 1. The number of pyridine rings is 1. The Balaban J connectivity index is 1.16. The molecular weight excluding hydrogens is 496 g/mol. The highest BCUT2D eigenvalue weighted by molar-refractivity contribution is 5.71. The number of aromatic nitrogens is 1. The number of hydrogen-bond donors (Lipinski definition) is 2. The molecule has 0 radical (unpaired) electrons. The van der Waals surface area contributed by atoms with Gasteiger partial charge >= 0.3 is 0 Å². The molecule has 4 aromatic rings. The summed E-state index contributed by atoms with van der Waals surface area (Å²) in [5.41, 5.74) is 7.19. The summed E-state index contributed by atoms with van der Waals surface area (Å²) in [4.78, 5) is 7.61. The number of rotatable bonds is 4. The third-order valence-corrected chi connectivity index (χ3v) is 10.5. The largest absolute Gasteiger partial charge is 0.504 e. The molecule has 1 saturated carbocycles. The molecule has 3 aromatic carbocycles. The first-order valence-corrected chi connectivity index (χ1v) is 14.7. The Kier molecular flexibility index (Phi) is 4.59.